The number of anilines is 1. The number of aliphatic imine (C=N–C) groups is 1. The molecule has 0 radical (unpaired) electrons. The Hall–Kier alpha value is -2.21. The summed E-state index contributed by atoms with van der Waals surface area (Å²) in [5, 5.41) is 0.451. The standard InChI is InChI=1S/C18H23ClN6/c1-24(2)13-21-18-22-16(19)15(12-14-8-4-5-9-20-14)17(23-18)25-10-6-3-7-11-25/h4-5,8-9,13H,3,6-7,10-12H2,1-2H3. The lowest BCUT2D eigenvalue weighted by atomic mass is 10.1. The van der Waals surface area contributed by atoms with Crippen LogP contribution in [-0.2, 0) is 6.42 Å². The van der Waals surface area contributed by atoms with E-state index in [1.165, 1.54) is 19.3 Å². The summed E-state index contributed by atoms with van der Waals surface area (Å²) in [6.07, 6.45) is 7.69. The van der Waals surface area contributed by atoms with E-state index in [1.807, 2.05) is 37.2 Å². The fourth-order valence-electron chi connectivity index (χ4n) is 2.86. The summed E-state index contributed by atoms with van der Waals surface area (Å²) in [6.45, 7) is 1.97. The van der Waals surface area contributed by atoms with Crippen LogP contribution in [0.15, 0.2) is 29.4 Å². The molecule has 0 unspecified atom stereocenters. The number of nitrogens with zero attached hydrogens (tertiary/aromatic N) is 6. The molecule has 0 bridgehead atoms. The third-order valence-electron chi connectivity index (χ3n) is 4.07. The largest absolute Gasteiger partial charge is 0.369 e. The Morgan fingerprint density at radius 2 is 2.00 bits per heavy atom. The first-order chi connectivity index (χ1) is 12.1. The van der Waals surface area contributed by atoms with Crippen LogP contribution >= 0.6 is 11.6 Å². The van der Waals surface area contributed by atoms with E-state index in [1.54, 1.807) is 12.5 Å². The van der Waals surface area contributed by atoms with Crippen LogP contribution in [0.4, 0.5) is 11.8 Å². The van der Waals surface area contributed by atoms with Crippen molar-refractivity contribution in [1.29, 1.82) is 0 Å². The van der Waals surface area contributed by atoms with Crippen LogP contribution in [-0.4, -0.2) is 53.4 Å². The summed E-state index contributed by atoms with van der Waals surface area (Å²) in [6, 6.07) is 5.88. The average molecular weight is 359 g/mol. The van der Waals surface area contributed by atoms with Gasteiger partial charge in [0.05, 0.1) is 6.34 Å². The fourth-order valence-corrected chi connectivity index (χ4v) is 3.09. The van der Waals surface area contributed by atoms with Crippen molar-refractivity contribution in [3.8, 4) is 0 Å². The molecule has 0 aromatic carbocycles. The lowest BCUT2D eigenvalue weighted by molar-refractivity contribution is 0.571. The molecule has 25 heavy (non-hydrogen) atoms. The molecule has 0 atom stereocenters. The van der Waals surface area contributed by atoms with Gasteiger partial charge in [-0.3, -0.25) is 4.98 Å². The van der Waals surface area contributed by atoms with Gasteiger partial charge in [0.25, 0.3) is 5.95 Å². The summed E-state index contributed by atoms with van der Waals surface area (Å²) < 4.78 is 0. The first-order valence-electron chi connectivity index (χ1n) is 8.55. The number of pyridine rings is 1. The highest BCUT2D eigenvalue weighted by atomic mass is 35.5. The average Bonchev–Trinajstić information content (AvgIpc) is 2.63. The van der Waals surface area contributed by atoms with Gasteiger partial charge < -0.3 is 9.80 Å². The molecule has 0 N–H and O–H groups in total. The zero-order chi connectivity index (χ0) is 17.6. The number of hydrogen-bond acceptors (Lipinski definition) is 5. The molecule has 3 rings (SSSR count). The van der Waals surface area contributed by atoms with Gasteiger partial charge in [0, 0.05) is 51.1 Å². The van der Waals surface area contributed by atoms with E-state index in [0.29, 0.717) is 17.5 Å². The van der Waals surface area contributed by atoms with Gasteiger partial charge in [-0.2, -0.15) is 9.97 Å². The minimum atomic E-state index is 0.393. The maximum absolute atomic E-state index is 6.53. The second-order valence-electron chi connectivity index (χ2n) is 6.37. The molecule has 1 aliphatic rings. The molecule has 2 aromatic heterocycles. The van der Waals surface area contributed by atoms with Gasteiger partial charge >= 0.3 is 0 Å². The number of hydrogen-bond donors (Lipinski definition) is 0. The molecule has 3 heterocycles. The van der Waals surface area contributed by atoms with Crippen LogP contribution < -0.4 is 4.90 Å². The van der Waals surface area contributed by atoms with Crippen molar-refractivity contribution in [3.05, 3.63) is 40.8 Å². The van der Waals surface area contributed by atoms with Crippen molar-refractivity contribution >= 4 is 29.7 Å². The third-order valence-corrected chi connectivity index (χ3v) is 4.38. The summed E-state index contributed by atoms with van der Waals surface area (Å²) >= 11 is 6.53. The van der Waals surface area contributed by atoms with Crippen molar-refractivity contribution < 1.29 is 0 Å². The van der Waals surface area contributed by atoms with E-state index in [9.17, 15) is 0 Å². The van der Waals surface area contributed by atoms with Crippen LogP contribution in [0.2, 0.25) is 5.15 Å². The molecule has 0 amide bonds. The first-order valence-corrected chi connectivity index (χ1v) is 8.93. The van der Waals surface area contributed by atoms with E-state index in [4.69, 9.17) is 16.6 Å². The van der Waals surface area contributed by atoms with Gasteiger partial charge in [-0.25, -0.2) is 4.99 Å². The molecule has 7 heteroatoms. The van der Waals surface area contributed by atoms with Gasteiger partial charge in [-0.1, -0.05) is 17.7 Å². The summed E-state index contributed by atoms with van der Waals surface area (Å²) in [5.41, 5.74) is 1.88. The normalized spacial score (nSPS) is 14.9. The Morgan fingerprint density at radius 3 is 2.68 bits per heavy atom. The van der Waals surface area contributed by atoms with Crippen molar-refractivity contribution in [2.45, 2.75) is 25.7 Å². The molecule has 1 aliphatic heterocycles. The maximum Gasteiger partial charge on any atom is 0.254 e. The van der Waals surface area contributed by atoms with Gasteiger partial charge in [0.2, 0.25) is 0 Å². The van der Waals surface area contributed by atoms with Crippen LogP contribution in [0.5, 0.6) is 0 Å². The summed E-state index contributed by atoms with van der Waals surface area (Å²) in [7, 11) is 3.82. The Kier molecular flexibility index (Phi) is 5.81. The van der Waals surface area contributed by atoms with Crippen molar-refractivity contribution in [3.63, 3.8) is 0 Å². The molecule has 1 fully saturated rings. The minimum Gasteiger partial charge on any atom is -0.369 e. The molecule has 0 spiro atoms. The zero-order valence-electron chi connectivity index (χ0n) is 14.7. The topological polar surface area (TPSA) is 57.5 Å². The zero-order valence-corrected chi connectivity index (χ0v) is 15.4. The second kappa shape index (κ2) is 8.25. The lowest BCUT2D eigenvalue weighted by Crippen LogP contribution is -2.31. The fraction of sp³-hybridized carbons (Fsp3) is 0.444. The van der Waals surface area contributed by atoms with Crippen LogP contribution in [0.25, 0.3) is 0 Å². The molecule has 132 valence electrons. The summed E-state index contributed by atoms with van der Waals surface area (Å²) in [4.78, 5) is 22.0. The molecular weight excluding hydrogens is 336 g/mol. The predicted molar refractivity (Wildman–Crippen MR) is 102 cm³/mol. The van der Waals surface area contributed by atoms with E-state index < -0.39 is 0 Å². The van der Waals surface area contributed by atoms with E-state index in [2.05, 4.69) is 19.9 Å². The Balaban J connectivity index is 1.99. The van der Waals surface area contributed by atoms with Gasteiger partial charge in [0.15, 0.2) is 0 Å². The Bertz CT molecular complexity index is 726. The smallest absolute Gasteiger partial charge is 0.254 e. The van der Waals surface area contributed by atoms with Crippen molar-refractivity contribution in [1.82, 2.24) is 19.9 Å². The monoisotopic (exact) mass is 358 g/mol. The second-order valence-corrected chi connectivity index (χ2v) is 6.73. The first kappa shape index (κ1) is 17.6. The van der Waals surface area contributed by atoms with Crippen LogP contribution in [0, 0.1) is 0 Å². The van der Waals surface area contributed by atoms with E-state index in [-0.39, 0.29) is 0 Å². The third kappa shape index (κ3) is 4.66. The van der Waals surface area contributed by atoms with Crippen LogP contribution in [0.3, 0.4) is 0 Å². The minimum absolute atomic E-state index is 0.393. The lowest BCUT2D eigenvalue weighted by Gasteiger charge is -2.29. The van der Waals surface area contributed by atoms with Crippen LogP contribution in [0.1, 0.15) is 30.5 Å². The summed E-state index contributed by atoms with van der Waals surface area (Å²) in [5.74, 6) is 1.28. The quantitative estimate of drug-likeness (QED) is 0.466. The number of rotatable bonds is 5. The number of halogens is 1. The van der Waals surface area contributed by atoms with E-state index in [0.717, 1.165) is 30.2 Å². The predicted octanol–water partition coefficient (Wildman–Crippen LogP) is 3.33. The van der Waals surface area contributed by atoms with Gasteiger partial charge in [-0.05, 0) is 31.4 Å². The molecule has 1 saturated heterocycles. The highest BCUT2D eigenvalue weighted by molar-refractivity contribution is 6.30. The molecule has 6 nitrogen and oxygen atoms in total. The Labute approximate surface area is 153 Å². The number of piperidine rings is 1. The highest BCUT2D eigenvalue weighted by Crippen LogP contribution is 2.30. The highest BCUT2D eigenvalue weighted by Gasteiger charge is 2.21. The maximum atomic E-state index is 6.53. The van der Waals surface area contributed by atoms with Gasteiger partial charge in [0.1, 0.15) is 11.0 Å². The van der Waals surface area contributed by atoms with E-state index >= 15 is 0 Å². The molecule has 0 aliphatic carbocycles. The Morgan fingerprint density at radius 1 is 1.20 bits per heavy atom. The van der Waals surface area contributed by atoms with Crippen molar-refractivity contribution in [2.75, 3.05) is 32.1 Å². The molecule has 2 aromatic rings. The molecule has 0 saturated carbocycles. The molecular formula is C18H23ClN6. The van der Waals surface area contributed by atoms with Crippen molar-refractivity contribution in [2.24, 2.45) is 4.99 Å². The number of aromatic nitrogens is 3. The SMILES string of the molecule is CN(C)C=Nc1nc(Cl)c(Cc2ccccn2)c(N2CCCCC2)n1. The van der Waals surface area contributed by atoms with Gasteiger partial charge in [-0.15, -0.1) is 0 Å².